The summed E-state index contributed by atoms with van der Waals surface area (Å²) < 4.78 is 1.69. The van der Waals surface area contributed by atoms with Crippen LogP contribution in [0.25, 0.3) is 16.4 Å². The minimum absolute atomic E-state index is 0.0710. The van der Waals surface area contributed by atoms with Gasteiger partial charge in [-0.3, -0.25) is 14.0 Å². The van der Waals surface area contributed by atoms with Gasteiger partial charge in [-0.1, -0.05) is 18.2 Å². The van der Waals surface area contributed by atoms with Gasteiger partial charge in [0, 0.05) is 23.5 Å². The van der Waals surface area contributed by atoms with Crippen LogP contribution in [0.1, 0.15) is 53.3 Å². The number of nitriles is 1. The average Bonchev–Trinajstić information content (AvgIpc) is 3.23. The van der Waals surface area contributed by atoms with Gasteiger partial charge in [0.1, 0.15) is 11.3 Å². The smallest absolute Gasteiger partial charge is 0.272 e. The quantitative estimate of drug-likeness (QED) is 0.537. The van der Waals surface area contributed by atoms with Crippen LogP contribution in [0, 0.1) is 11.3 Å². The second-order valence-corrected chi connectivity index (χ2v) is 7.90. The molecule has 154 valence electrons. The van der Waals surface area contributed by atoms with Crippen LogP contribution in [0.5, 0.6) is 0 Å². The summed E-state index contributed by atoms with van der Waals surface area (Å²) in [4.78, 5) is 29.1. The zero-order valence-electron chi connectivity index (χ0n) is 16.7. The fraction of sp³-hybridized carbons (Fsp3) is 0.261. The van der Waals surface area contributed by atoms with Gasteiger partial charge in [0.05, 0.1) is 28.9 Å². The number of pyridine rings is 1. The molecule has 1 amide bonds. The second kappa shape index (κ2) is 7.69. The summed E-state index contributed by atoms with van der Waals surface area (Å²) >= 11 is 0. The number of imidazole rings is 1. The molecule has 0 atom stereocenters. The van der Waals surface area contributed by atoms with Gasteiger partial charge in [-0.05, 0) is 43.9 Å². The van der Waals surface area contributed by atoms with Crippen molar-refractivity contribution >= 4 is 22.3 Å². The van der Waals surface area contributed by atoms with Crippen LogP contribution in [0.15, 0.2) is 53.6 Å². The Labute approximate surface area is 177 Å². The van der Waals surface area contributed by atoms with E-state index >= 15 is 0 Å². The Kier molecular flexibility index (Phi) is 4.71. The van der Waals surface area contributed by atoms with Crippen molar-refractivity contribution in [2.24, 2.45) is 0 Å². The van der Waals surface area contributed by atoms with Crippen molar-refractivity contribution in [3.05, 3.63) is 76.1 Å². The van der Waals surface area contributed by atoms with Gasteiger partial charge in [-0.25, -0.2) is 10.1 Å². The van der Waals surface area contributed by atoms with Crippen LogP contribution in [0.2, 0.25) is 0 Å². The van der Waals surface area contributed by atoms with Crippen LogP contribution >= 0.6 is 0 Å². The lowest BCUT2D eigenvalue weighted by atomic mass is 9.82. The molecule has 31 heavy (non-hydrogen) atoms. The lowest BCUT2D eigenvalue weighted by Crippen LogP contribution is -2.38. The van der Waals surface area contributed by atoms with Crippen LogP contribution in [-0.4, -0.2) is 31.5 Å². The topological polar surface area (TPSA) is 116 Å². The van der Waals surface area contributed by atoms with Crippen molar-refractivity contribution in [2.45, 2.75) is 37.6 Å². The van der Waals surface area contributed by atoms with Crippen molar-refractivity contribution in [1.29, 1.82) is 5.26 Å². The summed E-state index contributed by atoms with van der Waals surface area (Å²) in [5.74, 6) is 0.0726. The van der Waals surface area contributed by atoms with Gasteiger partial charge in [-0.2, -0.15) is 10.4 Å². The molecule has 3 aromatic heterocycles. The van der Waals surface area contributed by atoms with Crippen molar-refractivity contribution in [2.75, 3.05) is 0 Å². The normalized spacial score (nSPS) is 18.7. The van der Waals surface area contributed by atoms with E-state index in [-0.39, 0.29) is 23.4 Å². The number of benzene rings is 1. The summed E-state index contributed by atoms with van der Waals surface area (Å²) in [5, 5.41) is 20.7. The average molecular weight is 412 g/mol. The lowest BCUT2D eigenvalue weighted by molar-refractivity contribution is 0.0919. The number of amides is 1. The number of aromatic nitrogens is 4. The first-order valence-electron chi connectivity index (χ1n) is 10.3. The number of carbonyl (C=O) groups excluding carboxylic acids is 1. The zero-order chi connectivity index (χ0) is 21.4. The number of carbonyl (C=O) groups is 1. The molecule has 0 bridgehead atoms. The highest BCUT2D eigenvalue weighted by Gasteiger charge is 2.27. The van der Waals surface area contributed by atoms with Crippen molar-refractivity contribution < 1.29 is 4.79 Å². The number of H-pyrrole nitrogens is 1. The van der Waals surface area contributed by atoms with Gasteiger partial charge in [0.2, 0.25) is 0 Å². The highest BCUT2D eigenvalue weighted by molar-refractivity contribution is 5.93. The minimum Gasteiger partial charge on any atom is -0.348 e. The first-order valence-corrected chi connectivity index (χ1v) is 10.3. The summed E-state index contributed by atoms with van der Waals surface area (Å²) in [6.45, 7) is 0. The van der Waals surface area contributed by atoms with Crippen LogP contribution in [0.3, 0.4) is 0 Å². The molecule has 5 rings (SSSR count). The molecule has 3 heterocycles. The Bertz CT molecular complexity index is 1390. The van der Waals surface area contributed by atoms with Crippen LogP contribution in [-0.2, 0) is 0 Å². The predicted octanol–water partition coefficient (Wildman–Crippen LogP) is 2.90. The van der Waals surface area contributed by atoms with E-state index < -0.39 is 0 Å². The van der Waals surface area contributed by atoms with E-state index in [1.807, 2.05) is 24.3 Å². The SMILES string of the molecule is N#Cc1ccn2c(C(=O)NC3CCC(c4n[nH]c(=O)c5ccccc45)CC3)cnc2c1. The molecular weight excluding hydrogens is 392 g/mol. The monoisotopic (exact) mass is 412 g/mol. The maximum absolute atomic E-state index is 12.8. The van der Waals surface area contributed by atoms with Crippen LogP contribution < -0.4 is 10.9 Å². The van der Waals surface area contributed by atoms with Gasteiger partial charge >= 0.3 is 0 Å². The third-order valence-corrected chi connectivity index (χ3v) is 6.05. The number of aromatic amines is 1. The lowest BCUT2D eigenvalue weighted by Gasteiger charge is -2.29. The maximum Gasteiger partial charge on any atom is 0.272 e. The van der Waals surface area contributed by atoms with Crippen molar-refractivity contribution in [3.63, 3.8) is 0 Å². The number of nitrogens with one attached hydrogen (secondary N) is 2. The fourth-order valence-electron chi connectivity index (χ4n) is 4.44. The fourth-order valence-corrected chi connectivity index (χ4v) is 4.44. The number of rotatable bonds is 3. The molecule has 0 aliphatic heterocycles. The molecule has 8 heteroatoms. The molecule has 4 aromatic rings. The number of nitrogens with zero attached hydrogens (tertiary/aromatic N) is 4. The Balaban J connectivity index is 1.29. The summed E-state index contributed by atoms with van der Waals surface area (Å²) in [5.41, 5.74) is 2.29. The predicted molar refractivity (Wildman–Crippen MR) is 115 cm³/mol. The van der Waals surface area contributed by atoms with E-state index in [4.69, 9.17) is 5.26 Å². The third-order valence-electron chi connectivity index (χ3n) is 6.05. The maximum atomic E-state index is 12.8. The van der Waals surface area contributed by atoms with E-state index in [1.54, 1.807) is 22.7 Å². The first kappa shape index (κ1) is 19.0. The Hall–Kier alpha value is -3.99. The Morgan fingerprint density at radius 1 is 1.16 bits per heavy atom. The summed E-state index contributed by atoms with van der Waals surface area (Å²) in [6.07, 6.45) is 6.66. The first-order chi connectivity index (χ1) is 15.1. The largest absolute Gasteiger partial charge is 0.348 e. The summed E-state index contributed by atoms with van der Waals surface area (Å²) in [6, 6.07) is 13.0. The molecule has 1 saturated carbocycles. The molecule has 1 aliphatic carbocycles. The molecule has 1 aliphatic rings. The molecule has 0 saturated heterocycles. The van der Waals surface area contributed by atoms with E-state index in [0.29, 0.717) is 22.3 Å². The molecule has 0 unspecified atom stereocenters. The molecule has 8 nitrogen and oxygen atoms in total. The van der Waals surface area contributed by atoms with Gasteiger partial charge in [-0.15, -0.1) is 0 Å². The minimum atomic E-state index is -0.173. The van der Waals surface area contributed by atoms with E-state index in [9.17, 15) is 9.59 Å². The van der Waals surface area contributed by atoms with Crippen LogP contribution in [0.4, 0.5) is 0 Å². The van der Waals surface area contributed by atoms with E-state index in [1.165, 1.54) is 6.20 Å². The molecule has 0 spiro atoms. The highest BCUT2D eigenvalue weighted by atomic mass is 16.2. The molecule has 1 fully saturated rings. The zero-order valence-corrected chi connectivity index (χ0v) is 16.7. The van der Waals surface area contributed by atoms with E-state index in [0.717, 1.165) is 36.8 Å². The number of fused-ring (bicyclic) bond motifs is 2. The van der Waals surface area contributed by atoms with E-state index in [2.05, 4.69) is 26.6 Å². The summed E-state index contributed by atoms with van der Waals surface area (Å²) in [7, 11) is 0. The Morgan fingerprint density at radius 2 is 1.94 bits per heavy atom. The standard InChI is InChI=1S/C23H20N6O2/c24-12-14-9-10-29-19(13-25-20(29)11-14)23(31)26-16-7-5-15(6-8-16)21-17-3-1-2-4-18(17)22(30)28-27-21/h1-4,9-11,13,15-16H,5-8H2,(H,26,31)(H,28,30). The molecule has 1 aromatic carbocycles. The molecular formula is C23H20N6O2. The molecule has 2 N–H and O–H groups in total. The van der Waals surface area contributed by atoms with Crippen molar-refractivity contribution in [1.82, 2.24) is 24.9 Å². The third kappa shape index (κ3) is 3.44. The van der Waals surface area contributed by atoms with Gasteiger partial charge in [0.15, 0.2) is 0 Å². The van der Waals surface area contributed by atoms with Crippen molar-refractivity contribution in [3.8, 4) is 6.07 Å². The van der Waals surface area contributed by atoms with Gasteiger partial charge < -0.3 is 5.32 Å². The molecule has 0 radical (unpaired) electrons. The second-order valence-electron chi connectivity index (χ2n) is 7.90. The highest BCUT2D eigenvalue weighted by Crippen LogP contribution is 2.34. The van der Waals surface area contributed by atoms with Gasteiger partial charge in [0.25, 0.3) is 11.5 Å². The Morgan fingerprint density at radius 3 is 2.71 bits per heavy atom. The number of hydrogen-bond donors (Lipinski definition) is 2. The number of hydrogen-bond acceptors (Lipinski definition) is 5.